The highest BCUT2D eigenvalue weighted by molar-refractivity contribution is 5.38. The van der Waals surface area contributed by atoms with Gasteiger partial charge in [0.1, 0.15) is 23.4 Å². The molecule has 2 rings (SSSR count). The van der Waals surface area contributed by atoms with Gasteiger partial charge < -0.3 is 30.3 Å². The van der Waals surface area contributed by atoms with Crippen molar-refractivity contribution in [2.45, 2.75) is 43.5 Å². The van der Waals surface area contributed by atoms with Crippen LogP contribution in [0, 0.1) is 5.41 Å². The molecule has 0 amide bonds. The maximum Gasteiger partial charge on any atom is 0.184 e. The van der Waals surface area contributed by atoms with Gasteiger partial charge in [0.15, 0.2) is 6.29 Å². The van der Waals surface area contributed by atoms with E-state index in [9.17, 15) is 20.4 Å². The van der Waals surface area contributed by atoms with E-state index in [1.807, 2.05) is 0 Å². The lowest BCUT2D eigenvalue weighted by atomic mass is 9.99. The van der Waals surface area contributed by atoms with Crippen molar-refractivity contribution >= 4 is 0 Å². The summed E-state index contributed by atoms with van der Waals surface area (Å²) >= 11 is 0. The van der Waals surface area contributed by atoms with Crippen molar-refractivity contribution < 1.29 is 30.3 Å². The van der Waals surface area contributed by atoms with Crippen LogP contribution in [0.4, 0.5) is 0 Å². The van der Waals surface area contributed by atoms with Gasteiger partial charge in [0.25, 0.3) is 0 Å². The molecule has 5 N–H and O–H groups in total. The van der Waals surface area contributed by atoms with E-state index in [1.54, 1.807) is 13.8 Å². The van der Waals surface area contributed by atoms with E-state index in [-0.39, 0.29) is 0 Å². The minimum absolute atomic E-state index is 0.536. The lowest BCUT2D eigenvalue weighted by molar-refractivity contribution is -0.286. The molecule has 0 bridgehead atoms. The molecule has 0 aromatic rings. The van der Waals surface area contributed by atoms with Crippen LogP contribution in [-0.2, 0) is 4.74 Å². The quantitative estimate of drug-likeness (QED) is 0.336. The molecule has 1 unspecified atom stereocenters. The van der Waals surface area contributed by atoms with Crippen LogP contribution in [0.5, 0.6) is 0 Å². The summed E-state index contributed by atoms with van der Waals surface area (Å²) in [7, 11) is 0. The summed E-state index contributed by atoms with van der Waals surface area (Å²) in [5.74, 6) is 0. The molecule has 88 valence electrons. The van der Waals surface area contributed by atoms with Crippen molar-refractivity contribution in [3.63, 3.8) is 0 Å². The van der Waals surface area contributed by atoms with Gasteiger partial charge >= 0.3 is 0 Å². The van der Waals surface area contributed by atoms with E-state index in [2.05, 4.69) is 0 Å². The highest BCUT2D eigenvalue weighted by Gasteiger charge is 2.90. The standard InChI is InChI=1S/C9H16O6/c1-7(2)8(13)4(3-10)15-6(12)5(11)9(7,8)14/h4-6,10-14H,3H2,1-2H3/t4-,5+,6?,8-,9+/m1/s1. The van der Waals surface area contributed by atoms with E-state index >= 15 is 0 Å². The van der Waals surface area contributed by atoms with Crippen LogP contribution in [0.25, 0.3) is 0 Å². The van der Waals surface area contributed by atoms with Gasteiger partial charge in [-0.1, -0.05) is 13.8 Å². The van der Waals surface area contributed by atoms with Crippen molar-refractivity contribution in [2.24, 2.45) is 5.41 Å². The average molecular weight is 220 g/mol. The molecule has 1 aliphatic carbocycles. The Hall–Kier alpha value is -0.240. The van der Waals surface area contributed by atoms with Crippen LogP contribution in [0.1, 0.15) is 13.8 Å². The van der Waals surface area contributed by atoms with Gasteiger partial charge in [0, 0.05) is 5.41 Å². The molecule has 6 heteroatoms. The topological polar surface area (TPSA) is 110 Å². The molecule has 1 saturated carbocycles. The summed E-state index contributed by atoms with van der Waals surface area (Å²) in [6.45, 7) is 2.55. The summed E-state index contributed by atoms with van der Waals surface area (Å²) in [6.07, 6.45) is -4.29. The summed E-state index contributed by atoms with van der Waals surface area (Å²) in [6, 6.07) is 0. The SMILES string of the molecule is CC1(C)[C@]2(O)[C@@H](CO)OC(O)[C@H](O)[C@]12O. The van der Waals surface area contributed by atoms with Gasteiger partial charge in [-0.05, 0) is 0 Å². The van der Waals surface area contributed by atoms with Gasteiger partial charge in [0.2, 0.25) is 0 Å². The fourth-order valence-corrected chi connectivity index (χ4v) is 2.86. The number of fused-ring (bicyclic) bond motifs is 1. The Kier molecular flexibility index (Phi) is 2.03. The number of aliphatic hydroxyl groups excluding tert-OH is 3. The van der Waals surface area contributed by atoms with Gasteiger partial charge in [0.05, 0.1) is 6.61 Å². The van der Waals surface area contributed by atoms with Crippen molar-refractivity contribution in [3.05, 3.63) is 0 Å². The first-order valence-electron chi connectivity index (χ1n) is 4.82. The predicted molar refractivity (Wildman–Crippen MR) is 47.7 cm³/mol. The fourth-order valence-electron chi connectivity index (χ4n) is 2.86. The Morgan fingerprint density at radius 2 is 1.67 bits per heavy atom. The Morgan fingerprint density at radius 3 is 2.13 bits per heavy atom. The molecule has 0 radical (unpaired) electrons. The van der Waals surface area contributed by atoms with E-state index in [4.69, 9.17) is 9.84 Å². The average Bonchev–Trinajstić information content (AvgIpc) is 2.54. The number of rotatable bonds is 1. The first-order valence-corrected chi connectivity index (χ1v) is 4.82. The van der Waals surface area contributed by atoms with Crippen molar-refractivity contribution in [1.29, 1.82) is 0 Å². The highest BCUT2D eigenvalue weighted by Crippen LogP contribution is 2.70. The number of aliphatic hydroxyl groups is 5. The van der Waals surface area contributed by atoms with E-state index in [1.165, 1.54) is 0 Å². The van der Waals surface area contributed by atoms with Crippen LogP contribution < -0.4 is 0 Å². The number of hydrogen-bond donors (Lipinski definition) is 5. The molecule has 2 fully saturated rings. The summed E-state index contributed by atoms with van der Waals surface area (Å²) in [5, 5.41) is 48.2. The largest absolute Gasteiger partial charge is 0.394 e. The Balaban J connectivity index is 2.43. The third-order valence-electron chi connectivity index (χ3n) is 4.06. The molecule has 1 heterocycles. The summed E-state index contributed by atoms with van der Waals surface area (Å²) < 4.78 is 4.85. The van der Waals surface area contributed by atoms with Crippen molar-refractivity contribution in [2.75, 3.05) is 6.61 Å². The van der Waals surface area contributed by atoms with Gasteiger partial charge in [-0.2, -0.15) is 0 Å². The molecule has 6 nitrogen and oxygen atoms in total. The van der Waals surface area contributed by atoms with Crippen molar-refractivity contribution in [1.82, 2.24) is 0 Å². The van der Waals surface area contributed by atoms with Crippen LogP contribution in [-0.4, -0.2) is 61.8 Å². The zero-order valence-electron chi connectivity index (χ0n) is 8.58. The van der Waals surface area contributed by atoms with E-state index < -0.39 is 41.7 Å². The fraction of sp³-hybridized carbons (Fsp3) is 1.00. The predicted octanol–water partition coefficient (Wildman–Crippen LogP) is -2.44. The van der Waals surface area contributed by atoms with Gasteiger partial charge in [-0.15, -0.1) is 0 Å². The molecule has 1 saturated heterocycles. The van der Waals surface area contributed by atoms with E-state index in [0.29, 0.717) is 0 Å². The molecule has 5 atom stereocenters. The third kappa shape index (κ3) is 0.870. The molecular formula is C9H16O6. The monoisotopic (exact) mass is 220 g/mol. The van der Waals surface area contributed by atoms with Crippen LogP contribution in [0.15, 0.2) is 0 Å². The molecule has 0 aromatic carbocycles. The second-order valence-electron chi connectivity index (χ2n) is 4.80. The minimum atomic E-state index is -1.84. The second kappa shape index (κ2) is 2.71. The molecule has 0 aromatic heterocycles. The Morgan fingerprint density at radius 1 is 1.13 bits per heavy atom. The zero-order valence-corrected chi connectivity index (χ0v) is 8.58. The normalized spacial score (nSPS) is 57.4. The lowest BCUT2D eigenvalue weighted by Crippen LogP contribution is -2.58. The number of ether oxygens (including phenoxy) is 1. The molecule has 15 heavy (non-hydrogen) atoms. The smallest absolute Gasteiger partial charge is 0.184 e. The third-order valence-corrected chi connectivity index (χ3v) is 4.06. The zero-order chi connectivity index (χ0) is 11.6. The lowest BCUT2D eigenvalue weighted by Gasteiger charge is -2.36. The molecule has 1 aliphatic heterocycles. The molecule has 2 aliphatic rings. The second-order valence-corrected chi connectivity index (χ2v) is 4.80. The van der Waals surface area contributed by atoms with Crippen LogP contribution >= 0.6 is 0 Å². The minimum Gasteiger partial charge on any atom is -0.394 e. The maximum absolute atomic E-state index is 10.2. The van der Waals surface area contributed by atoms with Crippen LogP contribution in [0.2, 0.25) is 0 Å². The molecule has 0 spiro atoms. The van der Waals surface area contributed by atoms with Gasteiger partial charge in [-0.25, -0.2) is 0 Å². The number of hydrogen-bond acceptors (Lipinski definition) is 6. The molecular weight excluding hydrogens is 204 g/mol. The van der Waals surface area contributed by atoms with Crippen LogP contribution in [0.3, 0.4) is 0 Å². The Labute approximate surface area is 86.7 Å². The summed E-state index contributed by atoms with van der Waals surface area (Å²) in [4.78, 5) is 0. The Bertz CT molecular complexity index is 282. The van der Waals surface area contributed by atoms with E-state index in [0.717, 1.165) is 0 Å². The first-order chi connectivity index (χ1) is 6.75. The first kappa shape index (κ1) is 11.3. The summed E-state index contributed by atoms with van der Waals surface area (Å²) in [5.41, 5.74) is -4.61. The highest BCUT2D eigenvalue weighted by atomic mass is 16.6. The maximum atomic E-state index is 10.2. The van der Waals surface area contributed by atoms with Crippen molar-refractivity contribution in [3.8, 4) is 0 Å². The van der Waals surface area contributed by atoms with Gasteiger partial charge in [-0.3, -0.25) is 0 Å².